The van der Waals surface area contributed by atoms with Crippen LogP contribution in [-0.4, -0.2) is 30.5 Å². The largest absolute Gasteiger partial charge is 0.468 e. The van der Waals surface area contributed by atoms with E-state index in [1.807, 2.05) is 31.2 Å². The summed E-state index contributed by atoms with van der Waals surface area (Å²) in [5.74, 6) is 0.835. The molecule has 4 nitrogen and oxygen atoms in total. The van der Waals surface area contributed by atoms with Gasteiger partial charge in [0.1, 0.15) is 0 Å². The molecule has 128 valence electrons. The topological polar surface area (TPSA) is 55.4 Å². The Labute approximate surface area is 150 Å². The van der Waals surface area contributed by atoms with Crippen molar-refractivity contribution in [3.05, 3.63) is 34.3 Å². The summed E-state index contributed by atoms with van der Waals surface area (Å²) in [4.78, 5) is 23.3. The van der Waals surface area contributed by atoms with Gasteiger partial charge in [0.05, 0.1) is 18.4 Å². The van der Waals surface area contributed by atoms with Gasteiger partial charge in [0.15, 0.2) is 0 Å². The predicted octanol–water partition coefficient (Wildman–Crippen LogP) is 3.73. The highest BCUT2D eigenvalue weighted by Gasteiger charge is 2.31. The smallest absolute Gasteiger partial charge is 0.315 e. The lowest BCUT2D eigenvalue weighted by Crippen LogP contribution is -2.47. The summed E-state index contributed by atoms with van der Waals surface area (Å²) in [6, 6.07) is 8.01. The number of hydrogen-bond donors (Lipinski definition) is 1. The number of benzene rings is 1. The Morgan fingerprint density at radius 2 is 1.91 bits per heavy atom. The van der Waals surface area contributed by atoms with Crippen LogP contribution >= 0.6 is 27.7 Å². The SMILES string of the molecule is COC(=O)CSCCC(=O)NC(C)(c1ccc(Br)cc1)C(C)C. The van der Waals surface area contributed by atoms with Crippen molar-refractivity contribution in [3.8, 4) is 0 Å². The van der Waals surface area contributed by atoms with Crippen molar-refractivity contribution in [1.29, 1.82) is 0 Å². The molecule has 6 heteroatoms. The molecular formula is C17H24BrNO3S. The average Bonchev–Trinajstić information content (AvgIpc) is 2.51. The number of nitrogens with one attached hydrogen (secondary N) is 1. The van der Waals surface area contributed by atoms with E-state index in [0.29, 0.717) is 12.2 Å². The number of carbonyl (C=O) groups excluding carboxylic acids is 2. The summed E-state index contributed by atoms with van der Waals surface area (Å²) in [5.41, 5.74) is 0.649. The van der Waals surface area contributed by atoms with Gasteiger partial charge in [-0.3, -0.25) is 9.59 Å². The second-order valence-corrected chi connectivity index (χ2v) is 7.81. The van der Waals surface area contributed by atoms with Crippen LogP contribution in [0.2, 0.25) is 0 Å². The van der Waals surface area contributed by atoms with E-state index in [-0.39, 0.29) is 23.5 Å². The van der Waals surface area contributed by atoms with E-state index >= 15 is 0 Å². The minimum atomic E-state index is -0.426. The van der Waals surface area contributed by atoms with Gasteiger partial charge in [-0.1, -0.05) is 41.9 Å². The van der Waals surface area contributed by atoms with Crippen molar-refractivity contribution in [2.24, 2.45) is 5.92 Å². The first-order valence-corrected chi connectivity index (χ1v) is 9.46. The molecule has 1 amide bonds. The summed E-state index contributed by atoms with van der Waals surface area (Å²) < 4.78 is 5.58. The maximum Gasteiger partial charge on any atom is 0.315 e. The van der Waals surface area contributed by atoms with E-state index in [0.717, 1.165) is 10.0 Å². The van der Waals surface area contributed by atoms with Crippen LogP contribution in [0.3, 0.4) is 0 Å². The van der Waals surface area contributed by atoms with E-state index in [9.17, 15) is 9.59 Å². The Morgan fingerprint density at radius 3 is 2.43 bits per heavy atom. The number of esters is 1. The predicted molar refractivity (Wildman–Crippen MR) is 98.4 cm³/mol. The monoisotopic (exact) mass is 401 g/mol. The molecule has 1 N–H and O–H groups in total. The van der Waals surface area contributed by atoms with Crippen molar-refractivity contribution in [2.75, 3.05) is 18.6 Å². The van der Waals surface area contributed by atoms with Gasteiger partial charge in [0, 0.05) is 16.6 Å². The van der Waals surface area contributed by atoms with Crippen LogP contribution in [0, 0.1) is 5.92 Å². The van der Waals surface area contributed by atoms with Gasteiger partial charge in [-0.05, 0) is 30.5 Å². The number of rotatable bonds is 8. The van der Waals surface area contributed by atoms with Crippen molar-refractivity contribution in [1.82, 2.24) is 5.32 Å². The molecular weight excluding hydrogens is 378 g/mol. The summed E-state index contributed by atoms with van der Waals surface area (Å²) >= 11 is 4.84. The quantitative estimate of drug-likeness (QED) is 0.532. The lowest BCUT2D eigenvalue weighted by Gasteiger charge is -2.35. The van der Waals surface area contributed by atoms with Gasteiger partial charge >= 0.3 is 5.97 Å². The first kappa shape index (κ1) is 20.0. The molecule has 0 aliphatic carbocycles. The molecule has 1 aromatic carbocycles. The summed E-state index contributed by atoms with van der Waals surface area (Å²) in [7, 11) is 1.36. The van der Waals surface area contributed by atoms with Crippen LogP contribution < -0.4 is 5.32 Å². The zero-order valence-corrected chi connectivity index (χ0v) is 16.4. The lowest BCUT2D eigenvalue weighted by atomic mass is 9.81. The number of halogens is 1. The molecule has 0 aliphatic heterocycles. The molecule has 0 fully saturated rings. The van der Waals surface area contributed by atoms with Crippen LogP contribution in [-0.2, 0) is 19.9 Å². The van der Waals surface area contributed by atoms with Crippen LogP contribution in [0.25, 0.3) is 0 Å². The molecule has 0 heterocycles. The Kier molecular flexibility index (Phi) is 8.12. The maximum atomic E-state index is 12.3. The third kappa shape index (κ3) is 6.18. The Balaban J connectivity index is 2.63. The molecule has 1 unspecified atom stereocenters. The summed E-state index contributed by atoms with van der Waals surface area (Å²) in [6.07, 6.45) is 0.375. The fourth-order valence-electron chi connectivity index (χ4n) is 2.08. The molecule has 0 bridgehead atoms. The fourth-order valence-corrected chi connectivity index (χ4v) is 3.10. The van der Waals surface area contributed by atoms with Crippen molar-refractivity contribution < 1.29 is 14.3 Å². The van der Waals surface area contributed by atoms with Crippen molar-refractivity contribution >= 4 is 39.6 Å². The zero-order valence-electron chi connectivity index (χ0n) is 14.0. The normalized spacial score (nSPS) is 13.5. The highest BCUT2D eigenvalue weighted by Crippen LogP contribution is 2.30. The molecule has 1 rings (SSSR count). The minimum Gasteiger partial charge on any atom is -0.468 e. The second-order valence-electron chi connectivity index (χ2n) is 5.79. The van der Waals surface area contributed by atoms with Crippen molar-refractivity contribution in [3.63, 3.8) is 0 Å². The van der Waals surface area contributed by atoms with Gasteiger partial charge in [0.25, 0.3) is 0 Å². The van der Waals surface area contributed by atoms with Crippen LogP contribution in [0.1, 0.15) is 32.8 Å². The number of ether oxygens (including phenoxy) is 1. The van der Waals surface area contributed by atoms with Gasteiger partial charge in [-0.2, -0.15) is 0 Å². The zero-order chi connectivity index (χ0) is 17.5. The summed E-state index contributed by atoms with van der Waals surface area (Å²) in [6.45, 7) is 6.23. The van der Waals surface area contributed by atoms with Gasteiger partial charge in [-0.25, -0.2) is 0 Å². The van der Waals surface area contributed by atoms with Gasteiger partial charge < -0.3 is 10.1 Å². The Bertz CT molecular complexity index is 533. The molecule has 0 radical (unpaired) electrons. The Hall–Kier alpha value is -1.01. The van der Waals surface area contributed by atoms with Crippen LogP contribution in [0.15, 0.2) is 28.7 Å². The first-order chi connectivity index (χ1) is 10.8. The Morgan fingerprint density at radius 1 is 1.30 bits per heavy atom. The standard InChI is InChI=1S/C17H24BrNO3S/c1-12(2)17(3,13-5-7-14(18)8-6-13)19-15(20)9-10-23-11-16(21)22-4/h5-8,12H,9-11H2,1-4H3,(H,19,20). The van der Waals surface area contributed by atoms with E-state index in [1.165, 1.54) is 18.9 Å². The van der Waals surface area contributed by atoms with Gasteiger partial charge in [0.2, 0.25) is 5.91 Å². The molecule has 0 aliphatic rings. The molecule has 0 spiro atoms. The maximum absolute atomic E-state index is 12.3. The van der Waals surface area contributed by atoms with Gasteiger partial charge in [-0.15, -0.1) is 11.8 Å². The molecule has 1 aromatic rings. The van der Waals surface area contributed by atoms with E-state index < -0.39 is 5.54 Å². The molecule has 0 saturated carbocycles. The number of hydrogen-bond acceptors (Lipinski definition) is 4. The van der Waals surface area contributed by atoms with E-state index in [2.05, 4.69) is 39.8 Å². The van der Waals surface area contributed by atoms with Crippen molar-refractivity contribution in [2.45, 2.75) is 32.7 Å². The third-order valence-electron chi connectivity index (χ3n) is 3.92. The fraction of sp³-hybridized carbons (Fsp3) is 0.529. The molecule has 0 saturated heterocycles. The third-order valence-corrected chi connectivity index (χ3v) is 5.38. The number of carbonyl (C=O) groups is 2. The molecule has 0 aromatic heterocycles. The van der Waals surface area contributed by atoms with E-state index in [1.54, 1.807) is 0 Å². The first-order valence-electron chi connectivity index (χ1n) is 7.51. The second kappa shape index (κ2) is 9.33. The van der Waals surface area contributed by atoms with Crippen LogP contribution in [0.5, 0.6) is 0 Å². The number of thioether (sulfide) groups is 1. The average molecular weight is 402 g/mol. The summed E-state index contributed by atoms with van der Waals surface area (Å²) in [5, 5.41) is 3.15. The number of methoxy groups -OCH3 is 1. The number of amides is 1. The van der Waals surface area contributed by atoms with E-state index in [4.69, 9.17) is 0 Å². The highest BCUT2D eigenvalue weighted by atomic mass is 79.9. The van der Waals surface area contributed by atoms with Crippen LogP contribution in [0.4, 0.5) is 0 Å². The highest BCUT2D eigenvalue weighted by molar-refractivity contribution is 9.10. The molecule has 23 heavy (non-hydrogen) atoms. The molecule has 1 atom stereocenters. The lowest BCUT2D eigenvalue weighted by molar-refractivity contribution is -0.137. The minimum absolute atomic E-state index is 0.0125.